The predicted octanol–water partition coefficient (Wildman–Crippen LogP) is 3.65. The topological polar surface area (TPSA) is 97.9 Å². The van der Waals surface area contributed by atoms with Crippen LogP contribution >= 0.6 is 11.3 Å². The first-order valence-corrected chi connectivity index (χ1v) is 9.28. The maximum Gasteiger partial charge on any atom is 0.302 e. The van der Waals surface area contributed by atoms with Crippen molar-refractivity contribution in [1.82, 2.24) is 10.3 Å². The van der Waals surface area contributed by atoms with Crippen molar-refractivity contribution >= 4 is 39.0 Å². The summed E-state index contributed by atoms with van der Waals surface area (Å²) in [4.78, 5) is 18.4. The molecule has 27 heavy (non-hydrogen) atoms. The molecule has 4 aromatic rings. The summed E-state index contributed by atoms with van der Waals surface area (Å²) >= 11 is 1.26. The van der Waals surface area contributed by atoms with Crippen LogP contribution in [-0.2, 0) is 0 Å². The number of rotatable bonds is 4. The Morgan fingerprint density at radius 2 is 2.00 bits per heavy atom. The largest absolute Gasteiger partial charge is 0.397 e. The first kappa shape index (κ1) is 17.2. The number of anilines is 2. The van der Waals surface area contributed by atoms with Crippen molar-refractivity contribution in [3.63, 3.8) is 0 Å². The highest BCUT2D eigenvalue weighted by atomic mass is 32.1. The molecule has 8 heteroatoms. The Morgan fingerprint density at radius 1 is 1.22 bits per heavy atom. The SMILES string of the molecule is CC(C)[n+]1cc(NC(=O)c2sc3nc(-c4ccccc4)ccc3c2N)on1. The molecule has 0 atom stereocenters. The molecule has 3 heterocycles. The van der Waals surface area contributed by atoms with Crippen molar-refractivity contribution in [2.24, 2.45) is 0 Å². The minimum Gasteiger partial charge on any atom is -0.397 e. The van der Waals surface area contributed by atoms with E-state index in [1.807, 2.05) is 56.3 Å². The number of carbonyl (C=O) groups is 1. The number of nitrogens with one attached hydrogen (secondary N) is 1. The second-order valence-electron chi connectivity index (χ2n) is 6.35. The number of nitrogens with two attached hydrogens (primary N) is 1. The zero-order valence-electron chi connectivity index (χ0n) is 14.8. The summed E-state index contributed by atoms with van der Waals surface area (Å²) in [6, 6.07) is 13.8. The van der Waals surface area contributed by atoms with Crippen LogP contribution in [0.5, 0.6) is 0 Å². The number of nitrogen functional groups attached to an aromatic ring is 1. The van der Waals surface area contributed by atoms with Gasteiger partial charge in [-0.3, -0.25) is 14.6 Å². The average molecular weight is 380 g/mol. The van der Waals surface area contributed by atoms with Crippen molar-refractivity contribution in [3.8, 4) is 11.3 Å². The molecule has 0 aliphatic rings. The fourth-order valence-corrected chi connectivity index (χ4v) is 3.65. The van der Waals surface area contributed by atoms with Gasteiger partial charge >= 0.3 is 5.88 Å². The van der Waals surface area contributed by atoms with E-state index in [9.17, 15) is 4.79 Å². The van der Waals surface area contributed by atoms with Crippen molar-refractivity contribution in [2.45, 2.75) is 19.9 Å². The van der Waals surface area contributed by atoms with E-state index < -0.39 is 0 Å². The first-order chi connectivity index (χ1) is 13.0. The summed E-state index contributed by atoms with van der Waals surface area (Å²) in [5, 5.41) is 7.32. The van der Waals surface area contributed by atoms with E-state index in [4.69, 9.17) is 10.3 Å². The van der Waals surface area contributed by atoms with Crippen LogP contribution in [-0.4, -0.2) is 16.2 Å². The second kappa shape index (κ2) is 6.81. The van der Waals surface area contributed by atoms with Crippen LogP contribution in [0.1, 0.15) is 29.6 Å². The molecule has 1 aromatic carbocycles. The molecule has 1 amide bonds. The summed E-state index contributed by atoms with van der Waals surface area (Å²) in [7, 11) is 0. The van der Waals surface area contributed by atoms with Crippen LogP contribution < -0.4 is 15.7 Å². The Morgan fingerprint density at radius 3 is 2.70 bits per heavy atom. The fourth-order valence-electron chi connectivity index (χ4n) is 2.66. The van der Waals surface area contributed by atoms with Crippen LogP contribution in [0.2, 0.25) is 0 Å². The smallest absolute Gasteiger partial charge is 0.302 e. The van der Waals surface area contributed by atoms with Crippen LogP contribution in [0.4, 0.5) is 11.6 Å². The normalized spacial score (nSPS) is 11.2. The highest BCUT2D eigenvalue weighted by Crippen LogP contribution is 2.34. The minimum absolute atomic E-state index is 0.134. The van der Waals surface area contributed by atoms with Gasteiger partial charge in [-0.2, -0.15) is 0 Å². The van der Waals surface area contributed by atoms with Gasteiger partial charge in [0.15, 0.2) is 6.04 Å². The number of benzene rings is 1. The molecule has 0 unspecified atom stereocenters. The third kappa shape index (κ3) is 3.26. The minimum atomic E-state index is -0.344. The zero-order chi connectivity index (χ0) is 19.0. The molecule has 0 bridgehead atoms. The van der Waals surface area contributed by atoms with Gasteiger partial charge in [-0.25, -0.2) is 4.98 Å². The van der Waals surface area contributed by atoms with E-state index in [2.05, 4.69) is 15.6 Å². The van der Waals surface area contributed by atoms with Crippen molar-refractivity contribution in [1.29, 1.82) is 0 Å². The monoisotopic (exact) mass is 380 g/mol. The number of aromatic nitrogens is 3. The lowest BCUT2D eigenvalue weighted by molar-refractivity contribution is -0.779. The molecular weight excluding hydrogens is 362 g/mol. The molecule has 4 rings (SSSR count). The van der Waals surface area contributed by atoms with Gasteiger partial charge in [0.25, 0.3) is 12.1 Å². The Balaban J connectivity index is 1.65. The van der Waals surface area contributed by atoms with E-state index >= 15 is 0 Å². The number of nitrogens with zero attached hydrogens (tertiary/aromatic N) is 3. The first-order valence-electron chi connectivity index (χ1n) is 8.47. The quantitative estimate of drug-likeness (QED) is 0.527. The third-order valence-corrected chi connectivity index (χ3v) is 5.23. The number of fused-ring (bicyclic) bond motifs is 1. The average Bonchev–Trinajstić information content (AvgIpc) is 3.27. The van der Waals surface area contributed by atoms with Gasteiger partial charge in [0.1, 0.15) is 9.71 Å². The number of carbonyl (C=O) groups excluding carboxylic acids is 1. The van der Waals surface area contributed by atoms with Crippen LogP contribution in [0.3, 0.4) is 0 Å². The van der Waals surface area contributed by atoms with Crippen molar-refractivity contribution in [2.75, 3.05) is 11.1 Å². The van der Waals surface area contributed by atoms with E-state index in [0.717, 1.165) is 16.6 Å². The van der Waals surface area contributed by atoms with Gasteiger partial charge in [-0.15, -0.1) is 11.3 Å². The molecule has 0 spiro atoms. The van der Waals surface area contributed by atoms with E-state index in [1.165, 1.54) is 11.3 Å². The molecule has 0 aliphatic carbocycles. The maximum atomic E-state index is 12.6. The van der Waals surface area contributed by atoms with Gasteiger partial charge in [0.05, 0.1) is 11.4 Å². The van der Waals surface area contributed by atoms with Crippen molar-refractivity contribution < 1.29 is 14.0 Å². The van der Waals surface area contributed by atoms with E-state index in [1.54, 1.807) is 10.9 Å². The Bertz CT molecular complexity index is 1120. The molecule has 0 saturated carbocycles. The van der Waals surface area contributed by atoms with Gasteiger partial charge in [-0.1, -0.05) is 30.3 Å². The van der Waals surface area contributed by atoms with Crippen LogP contribution in [0, 0.1) is 0 Å². The molecule has 0 saturated heterocycles. The second-order valence-corrected chi connectivity index (χ2v) is 7.35. The lowest BCUT2D eigenvalue weighted by Gasteiger charge is -2.00. The number of hydrogen-bond acceptors (Lipinski definition) is 6. The van der Waals surface area contributed by atoms with E-state index in [-0.39, 0.29) is 17.8 Å². The maximum absolute atomic E-state index is 12.6. The Labute approximate surface area is 159 Å². The van der Waals surface area contributed by atoms with E-state index in [0.29, 0.717) is 15.4 Å². The number of hydrogen-bond donors (Lipinski definition) is 2. The molecule has 136 valence electrons. The molecule has 7 nitrogen and oxygen atoms in total. The molecule has 0 radical (unpaired) electrons. The van der Waals surface area contributed by atoms with Gasteiger partial charge in [0.2, 0.25) is 5.27 Å². The standard InChI is InChI=1S/C19H17N5O2S/c1-11(2)24-10-15(26-23-24)22-18(25)17-16(20)13-8-9-14(21-19(13)27-17)12-6-4-3-5-7-12/h3-11H,1-2H3,(H2-,20,22,23,25)/p+1. The third-order valence-electron chi connectivity index (χ3n) is 4.12. The summed E-state index contributed by atoms with van der Waals surface area (Å²) in [6.07, 6.45) is 1.64. The fraction of sp³-hybridized carbons (Fsp3) is 0.158. The molecule has 3 N–H and O–H groups in total. The van der Waals surface area contributed by atoms with Gasteiger partial charge in [0, 0.05) is 10.9 Å². The summed E-state index contributed by atoms with van der Waals surface area (Å²) < 4.78 is 6.76. The molecule has 0 fully saturated rings. The number of thiophene rings is 1. The number of pyridine rings is 1. The lowest BCUT2D eigenvalue weighted by atomic mass is 10.1. The predicted molar refractivity (Wildman–Crippen MR) is 105 cm³/mol. The molecule has 0 aliphatic heterocycles. The lowest BCUT2D eigenvalue weighted by Crippen LogP contribution is -2.36. The number of amides is 1. The summed E-state index contributed by atoms with van der Waals surface area (Å²) in [6.45, 7) is 3.93. The Kier molecular flexibility index (Phi) is 4.33. The van der Waals surface area contributed by atoms with Gasteiger partial charge < -0.3 is 5.73 Å². The Hall–Kier alpha value is -3.26. The summed E-state index contributed by atoms with van der Waals surface area (Å²) in [5.74, 6) is -0.0766. The molecule has 3 aromatic heterocycles. The zero-order valence-corrected chi connectivity index (χ0v) is 15.7. The molecular formula is C19H18N5O2S+. The van der Waals surface area contributed by atoms with Crippen LogP contribution in [0.25, 0.3) is 21.5 Å². The van der Waals surface area contributed by atoms with Crippen molar-refractivity contribution in [3.05, 3.63) is 53.5 Å². The highest BCUT2D eigenvalue weighted by Gasteiger charge is 2.22. The van der Waals surface area contributed by atoms with Crippen LogP contribution in [0.15, 0.2) is 53.2 Å². The highest BCUT2D eigenvalue weighted by molar-refractivity contribution is 7.21. The summed E-state index contributed by atoms with van der Waals surface area (Å²) in [5.41, 5.74) is 8.46. The van der Waals surface area contributed by atoms with Gasteiger partial charge in [-0.05, 0) is 30.7 Å².